The predicted octanol–water partition coefficient (Wildman–Crippen LogP) is 5.55. The van der Waals surface area contributed by atoms with Gasteiger partial charge in [-0.25, -0.2) is 14.4 Å². The molecule has 106 valence electrons. The highest BCUT2D eigenvalue weighted by atomic mass is 79.9. The smallest absolute Gasteiger partial charge is 0.161 e. The fraction of sp³-hybridized carbons (Fsp3) is 0.286. The minimum atomic E-state index is -0.471. The quantitative estimate of drug-likeness (QED) is 0.655. The van der Waals surface area contributed by atoms with E-state index < -0.39 is 5.82 Å². The molecule has 6 heteroatoms. The molecule has 0 spiro atoms. The second-order valence-electron chi connectivity index (χ2n) is 4.83. The van der Waals surface area contributed by atoms with Crippen LogP contribution in [0.15, 0.2) is 22.7 Å². The van der Waals surface area contributed by atoms with Crippen molar-refractivity contribution in [3.05, 3.63) is 44.4 Å². The zero-order valence-corrected chi connectivity index (χ0v) is 14.0. The minimum absolute atomic E-state index is 0.0375. The molecule has 0 radical (unpaired) electrons. The molecule has 0 saturated heterocycles. The zero-order valence-electron chi connectivity index (χ0n) is 10.9. The lowest BCUT2D eigenvalue weighted by Crippen LogP contribution is -2.02. The van der Waals surface area contributed by atoms with Crippen molar-refractivity contribution in [3.63, 3.8) is 0 Å². The van der Waals surface area contributed by atoms with E-state index in [-0.39, 0.29) is 5.02 Å². The van der Waals surface area contributed by atoms with Gasteiger partial charge < -0.3 is 0 Å². The molecular formula is C14H12BrCl2FN2. The van der Waals surface area contributed by atoms with Crippen molar-refractivity contribution in [1.82, 2.24) is 9.97 Å². The zero-order chi connectivity index (χ0) is 14.9. The van der Waals surface area contributed by atoms with Gasteiger partial charge in [0.2, 0.25) is 0 Å². The molecule has 2 rings (SSSR count). The molecule has 0 saturated carbocycles. The van der Waals surface area contributed by atoms with E-state index >= 15 is 0 Å². The van der Waals surface area contributed by atoms with Crippen LogP contribution in [0.2, 0.25) is 10.2 Å². The van der Waals surface area contributed by atoms with Gasteiger partial charge in [-0.05, 0) is 46.5 Å². The summed E-state index contributed by atoms with van der Waals surface area (Å²) in [5, 5.41) is 0.377. The molecule has 0 bridgehead atoms. The molecule has 0 aliphatic rings. The molecule has 0 N–H and O–H groups in total. The highest BCUT2D eigenvalue weighted by molar-refractivity contribution is 9.10. The third-order valence-electron chi connectivity index (χ3n) is 2.66. The first-order valence-electron chi connectivity index (χ1n) is 6.05. The normalized spacial score (nSPS) is 11.2. The predicted molar refractivity (Wildman–Crippen MR) is 83.7 cm³/mol. The Balaban J connectivity index is 2.51. The summed E-state index contributed by atoms with van der Waals surface area (Å²) in [6, 6.07) is 4.37. The van der Waals surface area contributed by atoms with Crippen LogP contribution in [0.3, 0.4) is 0 Å². The molecule has 1 heterocycles. The molecule has 1 aromatic carbocycles. The van der Waals surface area contributed by atoms with Crippen molar-refractivity contribution in [2.45, 2.75) is 20.3 Å². The van der Waals surface area contributed by atoms with E-state index in [1.165, 1.54) is 12.1 Å². The van der Waals surface area contributed by atoms with E-state index in [4.69, 9.17) is 23.2 Å². The number of hydrogen-bond donors (Lipinski definition) is 0. The van der Waals surface area contributed by atoms with Crippen LogP contribution in [0.25, 0.3) is 11.4 Å². The first kappa shape index (κ1) is 15.7. The fourth-order valence-electron chi connectivity index (χ4n) is 1.75. The third kappa shape index (κ3) is 3.48. The maximum Gasteiger partial charge on any atom is 0.161 e. The Morgan fingerprint density at radius 2 is 1.95 bits per heavy atom. The van der Waals surface area contributed by atoms with E-state index in [0.29, 0.717) is 26.9 Å². The van der Waals surface area contributed by atoms with Crippen molar-refractivity contribution < 1.29 is 4.39 Å². The SMILES string of the molecule is CC(C)Cc1nc(-c2ccc(F)c(Cl)c2)nc(Cl)c1Br. The average Bonchev–Trinajstić information content (AvgIpc) is 2.37. The average molecular weight is 378 g/mol. The van der Waals surface area contributed by atoms with Crippen molar-refractivity contribution in [1.29, 1.82) is 0 Å². The summed E-state index contributed by atoms with van der Waals surface area (Å²) in [7, 11) is 0. The van der Waals surface area contributed by atoms with E-state index in [1.807, 2.05) is 0 Å². The third-order valence-corrected chi connectivity index (χ3v) is 4.28. The van der Waals surface area contributed by atoms with Crippen LogP contribution in [0.4, 0.5) is 4.39 Å². The Bertz CT molecular complexity index is 647. The number of benzene rings is 1. The first-order chi connectivity index (χ1) is 9.38. The Labute approximate surface area is 135 Å². The van der Waals surface area contributed by atoms with Crippen LogP contribution < -0.4 is 0 Å². The summed E-state index contributed by atoms with van der Waals surface area (Å²) < 4.78 is 13.9. The summed E-state index contributed by atoms with van der Waals surface area (Å²) in [6.07, 6.45) is 0.769. The van der Waals surface area contributed by atoms with Gasteiger partial charge in [0.05, 0.1) is 15.2 Å². The van der Waals surface area contributed by atoms with Crippen LogP contribution >= 0.6 is 39.1 Å². The summed E-state index contributed by atoms with van der Waals surface area (Å²) in [5.41, 5.74) is 1.46. The molecule has 0 atom stereocenters. The number of rotatable bonds is 3. The molecule has 2 nitrogen and oxygen atoms in total. The minimum Gasteiger partial charge on any atom is -0.232 e. The second-order valence-corrected chi connectivity index (χ2v) is 6.38. The summed E-state index contributed by atoms with van der Waals surface area (Å²) >= 11 is 15.3. The summed E-state index contributed by atoms with van der Waals surface area (Å²) in [4.78, 5) is 8.70. The molecule has 20 heavy (non-hydrogen) atoms. The van der Waals surface area contributed by atoms with E-state index in [0.717, 1.165) is 12.1 Å². The molecule has 0 amide bonds. The Morgan fingerprint density at radius 3 is 2.55 bits per heavy atom. The van der Waals surface area contributed by atoms with Gasteiger partial charge in [0.25, 0.3) is 0 Å². The van der Waals surface area contributed by atoms with E-state index in [1.54, 1.807) is 6.07 Å². The van der Waals surface area contributed by atoms with Crippen molar-refractivity contribution in [2.75, 3.05) is 0 Å². The Morgan fingerprint density at radius 1 is 1.25 bits per heavy atom. The fourth-order valence-corrected chi connectivity index (χ4v) is 2.46. The van der Waals surface area contributed by atoms with Gasteiger partial charge in [-0.15, -0.1) is 0 Å². The summed E-state index contributed by atoms with van der Waals surface area (Å²) in [6.45, 7) is 4.19. The maximum atomic E-state index is 13.2. The van der Waals surface area contributed by atoms with Gasteiger partial charge in [0.15, 0.2) is 5.82 Å². The lowest BCUT2D eigenvalue weighted by atomic mass is 10.1. The Kier molecular flexibility index (Phi) is 4.99. The molecule has 0 unspecified atom stereocenters. The molecular weight excluding hydrogens is 366 g/mol. The number of halogens is 4. The van der Waals surface area contributed by atoms with Crippen molar-refractivity contribution in [3.8, 4) is 11.4 Å². The lowest BCUT2D eigenvalue weighted by molar-refractivity contribution is 0.628. The largest absolute Gasteiger partial charge is 0.232 e. The van der Waals surface area contributed by atoms with Crippen LogP contribution in [-0.2, 0) is 6.42 Å². The maximum absolute atomic E-state index is 13.2. The van der Waals surface area contributed by atoms with E-state index in [9.17, 15) is 4.39 Å². The first-order valence-corrected chi connectivity index (χ1v) is 7.60. The topological polar surface area (TPSA) is 25.8 Å². The highest BCUT2D eigenvalue weighted by Gasteiger charge is 2.14. The van der Waals surface area contributed by atoms with Crippen LogP contribution in [-0.4, -0.2) is 9.97 Å². The van der Waals surface area contributed by atoms with Crippen LogP contribution in [0.1, 0.15) is 19.5 Å². The monoisotopic (exact) mass is 376 g/mol. The number of aromatic nitrogens is 2. The molecule has 2 aromatic rings. The second kappa shape index (κ2) is 6.37. The summed E-state index contributed by atoms with van der Waals surface area (Å²) in [5.74, 6) is 0.402. The lowest BCUT2D eigenvalue weighted by Gasteiger charge is -2.10. The Hall–Kier alpha value is -0.710. The van der Waals surface area contributed by atoms with Crippen molar-refractivity contribution in [2.24, 2.45) is 5.92 Å². The number of hydrogen-bond acceptors (Lipinski definition) is 2. The molecule has 0 aliphatic carbocycles. The van der Waals surface area contributed by atoms with Gasteiger partial charge in [-0.1, -0.05) is 37.0 Å². The van der Waals surface area contributed by atoms with Gasteiger partial charge in [-0.3, -0.25) is 0 Å². The highest BCUT2D eigenvalue weighted by Crippen LogP contribution is 2.29. The van der Waals surface area contributed by atoms with Gasteiger partial charge in [0, 0.05) is 5.56 Å². The molecule has 0 aliphatic heterocycles. The number of nitrogens with zero attached hydrogens (tertiary/aromatic N) is 2. The standard InChI is InChI=1S/C14H12BrCl2FN2/c1-7(2)5-11-12(15)13(17)20-14(19-11)8-3-4-10(18)9(16)6-8/h3-4,6-7H,5H2,1-2H3. The van der Waals surface area contributed by atoms with Gasteiger partial charge >= 0.3 is 0 Å². The van der Waals surface area contributed by atoms with Crippen molar-refractivity contribution >= 4 is 39.1 Å². The van der Waals surface area contributed by atoms with Crippen LogP contribution in [0.5, 0.6) is 0 Å². The van der Waals surface area contributed by atoms with Gasteiger partial charge in [-0.2, -0.15) is 0 Å². The van der Waals surface area contributed by atoms with Crippen LogP contribution in [0, 0.1) is 11.7 Å². The van der Waals surface area contributed by atoms with Gasteiger partial charge in [0.1, 0.15) is 11.0 Å². The molecule has 0 fully saturated rings. The molecule has 1 aromatic heterocycles. The van der Waals surface area contributed by atoms with E-state index in [2.05, 4.69) is 39.7 Å².